The molecule has 1 aromatic heterocycles. The summed E-state index contributed by atoms with van der Waals surface area (Å²) in [7, 11) is 0. The molecule has 1 aliphatic carbocycles. The number of aromatic nitrogens is 1. The van der Waals surface area contributed by atoms with Crippen LogP contribution in [0.3, 0.4) is 0 Å². The number of nitrogen functional groups attached to an aromatic ring is 1. The summed E-state index contributed by atoms with van der Waals surface area (Å²) in [6.45, 7) is 0. The third-order valence-electron chi connectivity index (χ3n) is 3.78. The molecule has 0 amide bonds. The van der Waals surface area contributed by atoms with Crippen LogP contribution in [0.4, 0.5) is 11.5 Å². The SMILES string of the molecule is Nc1cccnc1NC1CCCCCCCCC1. The summed E-state index contributed by atoms with van der Waals surface area (Å²) in [5.74, 6) is 0.861. The van der Waals surface area contributed by atoms with E-state index in [0.717, 1.165) is 11.5 Å². The van der Waals surface area contributed by atoms with E-state index in [1.807, 2.05) is 12.1 Å². The molecule has 0 spiro atoms. The Bertz CT molecular complexity index is 341. The van der Waals surface area contributed by atoms with Gasteiger partial charge in [0.15, 0.2) is 0 Å². The van der Waals surface area contributed by atoms with E-state index in [1.165, 1.54) is 57.8 Å². The largest absolute Gasteiger partial charge is 0.396 e. The van der Waals surface area contributed by atoms with Crippen LogP contribution in [0.2, 0.25) is 0 Å². The van der Waals surface area contributed by atoms with Gasteiger partial charge in [0.25, 0.3) is 0 Å². The summed E-state index contributed by atoms with van der Waals surface area (Å²) in [5.41, 5.74) is 6.70. The Morgan fingerprint density at radius 3 is 2.22 bits per heavy atom. The number of hydrogen-bond acceptors (Lipinski definition) is 3. The molecule has 2 rings (SSSR count). The average Bonchev–Trinajstić information content (AvgIpc) is 2.40. The van der Waals surface area contributed by atoms with Crippen LogP contribution in [0.25, 0.3) is 0 Å². The van der Waals surface area contributed by atoms with Gasteiger partial charge in [0.05, 0.1) is 5.69 Å². The predicted octanol–water partition coefficient (Wildman–Crippen LogP) is 3.97. The lowest BCUT2D eigenvalue weighted by Gasteiger charge is -2.21. The van der Waals surface area contributed by atoms with Gasteiger partial charge in [-0.05, 0) is 25.0 Å². The average molecular weight is 247 g/mol. The molecule has 0 aromatic carbocycles. The third kappa shape index (κ3) is 4.21. The second kappa shape index (κ2) is 7.24. The van der Waals surface area contributed by atoms with Crippen molar-refractivity contribution < 1.29 is 0 Å². The zero-order valence-electron chi connectivity index (χ0n) is 11.2. The first kappa shape index (κ1) is 13.2. The third-order valence-corrected chi connectivity index (χ3v) is 3.78. The maximum atomic E-state index is 5.94. The van der Waals surface area contributed by atoms with E-state index < -0.39 is 0 Å². The number of pyridine rings is 1. The monoisotopic (exact) mass is 247 g/mol. The second-order valence-electron chi connectivity index (χ2n) is 5.33. The lowest BCUT2D eigenvalue weighted by Crippen LogP contribution is -2.21. The van der Waals surface area contributed by atoms with Gasteiger partial charge < -0.3 is 11.1 Å². The zero-order chi connectivity index (χ0) is 12.6. The molecule has 1 heterocycles. The van der Waals surface area contributed by atoms with Crippen LogP contribution in [-0.2, 0) is 0 Å². The van der Waals surface area contributed by atoms with Gasteiger partial charge in [-0.15, -0.1) is 0 Å². The van der Waals surface area contributed by atoms with Crippen molar-refractivity contribution in [1.29, 1.82) is 0 Å². The molecule has 0 bridgehead atoms. The second-order valence-corrected chi connectivity index (χ2v) is 5.33. The predicted molar refractivity (Wildman–Crippen MR) is 77.6 cm³/mol. The van der Waals surface area contributed by atoms with Gasteiger partial charge in [0.1, 0.15) is 5.82 Å². The lowest BCUT2D eigenvalue weighted by atomic mass is 9.97. The Balaban J connectivity index is 1.90. The normalized spacial score (nSPS) is 19.3. The van der Waals surface area contributed by atoms with Crippen LogP contribution in [0.5, 0.6) is 0 Å². The molecule has 1 fully saturated rings. The van der Waals surface area contributed by atoms with Crippen molar-refractivity contribution in [2.24, 2.45) is 0 Å². The Hall–Kier alpha value is -1.25. The van der Waals surface area contributed by atoms with Crippen molar-refractivity contribution in [2.75, 3.05) is 11.1 Å². The highest BCUT2D eigenvalue weighted by molar-refractivity contribution is 5.60. The van der Waals surface area contributed by atoms with E-state index in [1.54, 1.807) is 6.20 Å². The molecular formula is C15H25N3. The first-order valence-electron chi connectivity index (χ1n) is 7.33. The minimum absolute atomic E-state index is 0.542. The van der Waals surface area contributed by atoms with Crippen LogP contribution >= 0.6 is 0 Å². The topological polar surface area (TPSA) is 50.9 Å². The smallest absolute Gasteiger partial charge is 0.149 e. The van der Waals surface area contributed by atoms with E-state index in [2.05, 4.69) is 10.3 Å². The summed E-state index contributed by atoms with van der Waals surface area (Å²) in [4.78, 5) is 4.33. The Morgan fingerprint density at radius 2 is 1.61 bits per heavy atom. The van der Waals surface area contributed by atoms with Crippen molar-refractivity contribution in [3.05, 3.63) is 18.3 Å². The number of nitrogens with zero attached hydrogens (tertiary/aromatic N) is 1. The van der Waals surface area contributed by atoms with Crippen LogP contribution < -0.4 is 11.1 Å². The van der Waals surface area contributed by atoms with Crippen LogP contribution in [0.15, 0.2) is 18.3 Å². The number of rotatable bonds is 2. The summed E-state index contributed by atoms with van der Waals surface area (Å²) >= 11 is 0. The molecule has 3 nitrogen and oxygen atoms in total. The molecule has 100 valence electrons. The highest BCUT2D eigenvalue weighted by Gasteiger charge is 2.11. The Labute approximate surface area is 110 Å². The summed E-state index contributed by atoms with van der Waals surface area (Å²) < 4.78 is 0. The van der Waals surface area contributed by atoms with Crippen molar-refractivity contribution in [3.8, 4) is 0 Å². The van der Waals surface area contributed by atoms with Gasteiger partial charge in [0, 0.05) is 12.2 Å². The summed E-state index contributed by atoms with van der Waals surface area (Å²) in [6, 6.07) is 4.34. The molecule has 0 aliphatic heterocycles. The molecule has 1 aliphatic rings. The Morgan fingerprint density at radius 1 is 1.00 bits per heavy atom. The number of nitrogens with two attached hydrogens (primary N) is 1. The summed E-state index contributed by atoms with van der Waals surface area (Å²) in [5, 5.41) is 3.53. The maximum absolute atomic E-state index is 5.94. The molecule has 0 saturated heterocycles. The zero-order valence-corrected chi connectivity index (χ0v) is 11.2. The molecule has 3 heteroatoms. The highest BCUT2D eigenvalue weighted by atomic mass is 15.0. The van der Waals surface area contributed by atoms with E-state index >= 15 is 0 Å². The van der Waals surface area contributed by atoms with E-state index in [9.17, 15) is 0 Å². The summed E-state index contributed by atoms with van der Waals surface area (Å²) in [6.07, 6.45) is 13.9. The standard InChI is InChI=1S/C15H25N3/c16-14-11-8-12-17-15(14)18-13-9-6-4-2-1-3-5-7-10-13/h8,11-13H,1-7,9-10,16H2,(H,17,18). The van der Waals surface area contributed by atoms with E-state index in [0.29, 0.717) is 6.04 Å². The fourth-order valence-corrected chi connectivity index (χ4v) is 2.69. The fourth-order valence-electron chi connectivity index (χ4n) is 2.69. The molecule has 0 unspecified atom stereocenters. The van der Waals surface area contributed by atoms with Crippen LogP contribution in [0, 0.1) is 0 Å². The van der Waals surface area contributed by atoms with Gasteiger partial charge in [-0.25, -0.2) is 4.98 Å². The highest BCUT2D eigenvalue weighted by Crippen LogP contribution is 2.21. The van der Waals surface area contributed by atoms with Crippen molar-refractivity contribution in [2.45, 2.75) is 63.8 Å². The molecule has 0 radical (unpaired) electrons. The van der Waals surface area contributed by atoms with Gasteiger partial charge in [-0.3, -0.25) is 0 Å². The van der Waals surface area contributed by atoms with Gasteiger partial charge in [-0.1, -0.05) is 44.9 Å². The molecule has 1 aromatic rings. The minimum atomic E-state index is 0.542. The fraction of sp³-hybridized carbons (Fsp3) is 0.667. The van der Waals surface area contributed by atoms with E-state index in [-0.39, 0.29) is 0 Å². The van der Waals surface area contributed by atoms with Crippen molar-refractivity contribution in [3.63, 3.8) is 0 Å². The molecule has 1 saturated carbocycles. The lowest BCUT2D eigenvalue weighted by molar-refractivity contribution is 0.476. The van der Waals surface area contributed by atoms with Gasteiger partial charge in [-0.2, -0.15) is 0 Å². The first-order valence-corrected chi connectivity index (χ1v) is 7.33. The van der Waals surface area contributed by atoms with E-state index in [4.69, 9.17) is 5.73 Å². The van der Waals surface area contributed by atoms with Gasteiger partial charge in [0.2, 0.25) is 0 Å². The number of hydrogen-bond donors (Lipinski definition) is 2. The van der Waals surface area contributed by atoms with Crippen molar-refractivity contribution in [1.82, 2.24) is 4.98 Å². The number of anilines is 2. The molecular weight excluding hydrogens is 222 g/mol. The van der Waals surface area contributed by atoms with Crippen LogP contribution in [-0.4, -0.2) is 11.0 Å². The Kier molecular flexibility index (Phi) is 5.31. The maximum Gasteiger partial charge on any atom is 0.149 e. The quantitative estimate of drug-likeness (QED) is 0.831. The van der Waals surface area contributed by atoms with Crippen molar-refractivity contribution >= 4 is 11.5 Å². The first-order chi connectivity index (χ1) is 8.86. The van der Waals surface area contributed by atoms with Crippen LogP contribution in [0.1, 0.15) is 57.8 Å². The molecule has 3 N–H and O–H groups in total. The minimum Gasteiger partial charge on any atom is -0.396 e. The number of nitrogens with one attached hydrogen (secondary N) is 1. The molecule has 18 heavy (non-hydrogen) atoms. The molecule has 0 atom stereocenters. The van der Waals surface area contributed by atoms with Gasteiger partial charge >= 0.3 is 0 Å².